The number of nitrogens with zero attached hydrogens (tertiary/aromatic N) is 1. The maximum atomic E-state index is 12.7. The molecule has 1 heterocycles. The van der Waals surface area contributed by atoms with Crippen molar-refractivity contribution < 1.29 is 19.1 Å². The number of benzene rings is 3. The first-order chi connectivity index (χ1) is 16.1. The maximum absolute atomic E-state index is 12.7. The van der Waals surface area contributed by atoms with Crippen molar-refractivity contribution in [2.75, 3.05) is 13.2 Å². The van der Waals surface area contributed by atoms with Gasteiger partial charge < -0.3 is 9.64 Å². The van der Waals surface area contributed by atoms with Crippen LogP contribution in [0.15, 0.2) is 84.9 Å². The van der Waals surface area contributed by atoms with E-state index >= 15 is 0 Å². The molecule has 1 fully saturated rings. The quantitative estimate of drug-likeness (QED) is 0.573. The van der Waals surface area contributed by atoms with Crippen LogP contribution in [0.25, 0.3) is 11.1 Å². The van der Waals surface area contributed by atoms with Crippen LogP contribution in [-0.4, -0.2) is 41.8 Å². The number of likely N-dealkylation sites (tertiary alicyclic amines) is 1. The molecule has 0 bridgehead atoms. The average molecular weight is 444 g/mol. The second-order valence-electron chi connectivity index (χ2n) is 7.71. The molecule has 3 aromatic rings. The van der Waals surface area contributed by atoms with E-state index in [2.05, 4.69) is 10.9 Å². The number of ether oxygens (including phenoxy) is 1. The molecule has 0 aromatic heterocycles. The van der Waals surface area contributed by atoms with Crippen LogP contribution >= 0.6 is 0 Å². The lowest BCUT2D eigenvalue weighted by molar-refractivity contribution is -0.131. The van der Waals surface area contributed by atoms with Crippen molar-refractivity contribution in [2.45, 2.75) is 18.9 Å². The van der Waals surface area contributed by atoms with E-state index in [0.29, 0.717) is 24.3 Å². The number of carbonyl (C=O) groups excluding carboxylic acids is 3. The minimum atomic E-state index is -0.627. The smallest absolute Gasteiger partial charge is 0.276 e. The van der Waals surface area contributed by atoms with Gasteiger partial charge in [-0.25, -0.2) is 0 Å². The van der Waals surface area contributed by atoms with E-state index in [9.17, 15) is 14.4 Å². The molecule has 1 atom stereocenters. The molecule has 0 saturated carbocycles. The van der Waals surface area contributed by atoms with Crippen LogP contribution in [0.3, 0.4) is 0 Å². The lowest BCUT2D eigenvalue weighted by Gasteiger charge is -2.24. The summed E-state index contributed by atoms with van der Waals surface area (Å²) in [5, 5.41) is 0. The fourth-order valence-electron chi connectivity index (χ4n) is 3.87. The van der Waals surface area contributed by atoms with Crippen LogP contribution in [0.2, 0.25) is 0 Å². The third-order valence-corrected chi connectivity index (χ3v) is 5.49. The molecule has 3 amide bonds. The van der Waals surface area contributed by atoms with Gasteiger partial charge >= 0.3 is 0 Å². The van der Waals surface area contributed by atoms with Gasteiger partial charge in [0.1, 0.15) is 11.8 Å². The average Bonchev–Trinajstić information content (AvgIpc) is 3.37. The van der Waals surface area contributed by atoms with Crippen molar-refractivity contribution in [3.63, 3.8) is 0 Å². The summed E-state index contributed by atoms with van der Waals surface area (Å²) in [5.74, 6) is -0.541. The highest BCUT2D eigenvalue weighted by Crippen LogP contribution is 2.29. The molecule has 0 aliphatic carbocycles. The highest BCUT2D eigenvalue weighted by atomic mass is 16.5. The van der Waals surface area contributed by atoms with Crippen LogP contribution in [0.5, 0.6) is 5.75 Å². The first-order valence-electron chi connectivity index (χ1n) is 10.9. The minimum Gasteiger partial charge on any atom is -0.483 e. The first-order valence-corrected chi connectivity index (χ1v) is 10.9. The first kappa shape index (κ1) is 22.1. The lowest BCUT2D eigenvalue weighted by Crippen LogP contribution is -2.52. The molecule has 0 radical (unpaired) electrons. The zero-order valence-electron chi connectivity index (χ0n) is 18.1. The Morgan fingerprint density at radius 3 is 2.27 bits per heavy atom. The summed E-state index contributed by atoms with van der Waals surface area (Å²) >= 11 is 0. The Kier molecular flexibility index (Phi) is 6.99. The Morgan fingerprint density at radius 2 is 1.52 bits per heavy atom. The van der Waals surface area contributed by atoms with Crippen LogP contribution in [0, 0.1) is 0 Å². The molecule has 7 heteroatoms. The van der Waals surface area contributed by atoms with E-state index in [1.165, 1.54) is 0 Å². The lowest BCUT2D eigenvalue weighted by atomic mass is 10.1. The van der Waals surface area contributed by atoms with Crippen molar-refractivity contribution in [2.24, 2.45) is 0 Å². The number of rotatable bonds is 6. The SMILES string of the molecule is O=C(COc1ccccc1-c1ccccc1)NNC(=O)C1CCCN1C(=O)c1ccccc1. The zero-order chi connectivity index (χ0) is 23.0. The topological polar surface area (TPSA) is 87.7 Å². The van der Waals surface area contributed by atoms with Gasteiger partial charge in [0.15, 0.2) is 6.61 Å². The molecule has 7 nitrogen and oxygen atoms in total. The third kappa shape index (κ3) is 5.38. The van der Waals surface area contributed by atoms with E-state index in [-0.39, 0.29) is 12.5 Å². The Bertz CT molecular complexity index is 1120. The van der Waals surface area contributed by atoms with E-state index in [1.807, 2.05) is 54.6 Å². The fraction of sp³-hybridized carbons (Fsp3) is 0.192. The standard InChI is InChI=1S/C26H25N3O4/c30-24(18-33-23-16-8-7-14-21(23)19-10-3-1-4-11-19)27-28-25(31)22-15-9-17-29(22)26(32)20-12-5-2-6-13-20/h1-8,10-14,16,22H,9,15,17-18H2,(H,27,30)(H,28,31). The minimum absolute atomic E-state index is 0.194. The Balaban J connectivity index is 1.31. The summed E-state index contributed by atoms with van der Waals surface area (Å²) in [7, 11) is 0. The molecule has 3 aromatic carbocycles. The summed E-state index contributed by atoms with van der Waals surface area (Å²) < 4.78 is 5.70. The van der Waals surface area contributed by atoms with Crippen molar-refractivity contribution in [1.29, 1.82) is 0 Å². The third-order valence-electron chi connectivity index (χ3n) is 5.49. The monoisotopic (exact) mass is 443 g/mol. The Labute approximate surface area is 192 Å². The van der Waals surface area contributed by atoms with Crippen LogP contribution in [0.4, 0.5) is 0 Å². The van der Waals surface area contributed by atoms with Gasteiger partial charge in [0.2, 0.25) is 0 Å². The van der Waals surface area contributed by atoms with Gasteiger partial charge in [-0.3, -0.25) is 25.2 Å². The van der Waals surface area contributed by atoms with Crippen molar-refractivity contribution in [3.8, 4) is 16.9 Å². The number of amides is 3. The summed E-state index contributed by atoms with van der Waals surface area (Å²) in [6, 6.07) is 25.4. The molecule has 0 spiro atoms. The maximum Gasteiger partial charge on any atom is 0.276 e. The molecular formula is C26H25N3O4. The van der Waals surface area contributed by atoms with Crippen molar-refractivity contribution in [3.05, 3.63) is 90.5 Å². The Hall–Kier alpha value is -4.13. The summed E-state index contributed by atoms with van der Waals surface area (Å²) in [5.41, 5.74) is 7.20. The van der Waals surface area contributed by atoms with Crippen LogP contribution in [0.1, 0.15) is 23.2 Å². The summed E-state index contributed by atoms with van der Waals surface area (Å²) in [6.07, 6.45) is 1.27. The number of hydrazine groups is 1. The van der Waals surface area contributed by atoms with Gasteiger partial charge in [0.25, 0.3) is 17.7 Å². The van der Waals surface area contributed by atoms with E-state index in [0.717, 1.165) is 17.5 Å². The summed E-state index contributed by atoms with van der Waals surface area (Å²) in [6.45, 7) is 0.237. The highest BCUT2D eigenvalue weighted by molar-refractivity contribution is 5.98. The van der Waals surface area contributed by atoms with Gasteiger partial charge in [-0.1, -0.05) is 66.7 Å². The molecule has 1 unspecified atom stereocenters. The normalized spacial score (nSPS) is 15.0. The van der Waals surface area contributed by atoms with Gasteiger partial charge in [-0.05, 0) is 36.6 Å². The molecular weight excluding hydrogens is 418 g/mol. The molecule has 1 saturated heterocycles. The second-order valence-corrected chi connectivity index (χ2v) is 7.71. The molecule has 168 valence electrons. The van der Waals surface area contributed by atoms with Crippen molar-refractivity contribution in [1.82, 2.24) is 15.8 Å². The molecule has 2 N–H and O–H groups in total. The van der Waals surface area contributed by atoms with E-state index in [4.69, 9.17) is 4.74 Å². The van der Waals surface area contributed by atoms with Crippen molar-refractivity contribution >= 4 is 17.7 Å². The molecule has 1 aliphatic heterocycles. The van der Waals surface area contributed by atoms with E-state index < -0.39 is 17.9 Å². The number of hydrogen-bond acceptors (Lipinski definition) is 4. The Morgan fingerprint density at radius 1 is 0.848 bits per heavy atom. The second kappa shape index (κ2) is 10.5. The largest absolute Gasteiger partial charge is 0.483 e. The molecule has 4 rings (SSSR count). The molecule has 1 aliphatic rings. The van der Waals surface area contributed by atoms with Gasteiger partial charge in [-0.15, -0.1) is 0 Å². The van der Waals surface area contributed by atoms with Gasteiger partial charge in [-0.2, -0.15) is 0 Å². The number of nitrogens with one attached hydrogen (secondary N) is 2. The number of para-hydroxylation sites is 1. The summed E-state index contributed by atoms with van der Waals surface area (Å²) in [4.78, 5) is 39.2. The highest BCUT2D eigenvalue weighted by Gasteiger charge is 2.34. The van der Waals surface area contributed by atoms with Gasteiger partial charge in [0.05, 0.1) is 0 Å². The predicted octanol–water partition coefficient (Wildman–Crippen LogP) is 3.18. The van der Waals surface area contributed by atoms with Crippen LogP contribution < -0.4 is 15.6 Å². The van der Waals surface area contributed by atoms with Crippen LogP contribution in [-0.2, 0) is 9.59 Å². The van der Waals surface area contributed by atoms with Gasteiger partial charge in [0, 0.05) is 17.7 Å². The number of carbonyl (C=O) groups is 3. The van der Waals surface area contributed by atoms with E-state index in [1.54, 1.807) is 35.2 Å². The zero-order valence-corrected chi connectivity index (χ0v) is 18.1. The fourth-order valence-corrected chi connectivity index (χ4v) is 3.87. The number of hydrogen-bond donors (Lipinski definition) is 2. The molecule has 33 heavy (non-hydrogen) atoms. The predicted molar refractivity (Wildman–Crippen MR) is 124 cm³/mol.